The molecule has 0 atom stereocenters. The number of anilines is 1. The molecule has 160 valence electrons. The van der Waals surface area contributed by atoms with Crippen LogP contribution < -0.4 is 15.0 Å². The number of ether oxygens (including phenoxy) is 1. The molecular formula is C23H24N4O4. The Kier molecular flexibility index (Phi) is 5.88. The molecule has 31 heavy (non-hydrogen) atoms. The van der Waals surface area contributed by atoms with Crippen LogP contribution in [0.1, 0.15) is 5.56 Å². The van der Waals surface area contributed by atoms with Gasteiger partial charge in [-0.05, 0) is 46.7 Å². The highest BCUT2D eigenvalue weighted by molar-refractivity contribution is 5.84. The van der Waals surface area contributed by atoms with Crippen molar-refractivity contribution in [2.45, 2.75) is 6.54 Å². The molecule has 1 N–H and O–H groups in total. The fourth-order valence-corrected chi connectivity index (χ4v) is 3.75. The van der Waals surface area contributed by atoms with Crippen molar-refractivity contribution in [2.24, 2.45) is 0 Å². The number of hydrogen-bond donors (Lipinski definition) is 1. The Balaban J connectivity index is 1.30. The quantitative estimate of drug-likeness (QED) is 0.501. The highest BCUT2D eigenvalue weighted by Crippen LogP contribution is 2.22. The van der Waals surface area contributed by atoms with Crippen LogP contribution in [0.2, 0.25) is 0 Å². The predicted octanol–water partition coefficient (Wildman–Crippen LogP) is 3.79. The average molecular weight is 420 g/mol. The van der Waals surface area contributed by atoms with Gasteiger partial charge in [0.15, 0.2) is 0 Å². The SMILES string of the molecule is COc1ccc2cc(CNC(=O)N3CCN(c4ccc([N+](=O)[O-])cc4)CC3)ccc2c1. The number of urea groups is 1. The number of nitro groups is 1. The molecular weight excluding hydrogens is 396 g/mol. The van der Waals surface area contributed by atoms with Gasteiger partial charge < -0.3 is 19.9 Å². The van der Waals surface area contributed by atoms with E-state index >= 15 is 0 Å². The topological polar surface area (TPSA) is 88.0 Å². The van der Waals surface area contributed by atoms with Gasteiger partial charge in [0.2, 0.25) is 0 Å². The summed E-state index contributed by atoms with van der Waals surface area (Å²) in [6.07, 6.45) is 0. The molecule has 1 aliphatic heterocycles. The molecule has 1 fully saturated rings. The second kappa shape index (κ2) is 8.91. The maximum Gasteiger partial charge on any atom is 0.317 e. The van der Waals surface area contributed by atoms with Crippen molar-refractivity contribution in [3.63, 3.8) is 0 Å². The summed E-state index contributed by atoms with van der Waals surface area (Å²) in [5.41, 5.74) is 2.04. The van der Waals surface area contributed by atoms with E-state index in [4.69, 9.17) is 4.74 Å². The maximum absolute atomic E-state index is 12.6. The normalized spacial score (nSPS) is 13.8. The van der Waals surface area contributed by atoms with E-state index < -0.39 is 4.92 Å². The first-order valence-electron chi connectivity index (χ1n) is 10.1. The Morgan fingerprint density at radius 1 is 1.00 bits per heavy atom. The molecule has 0 unspecified atom stereocenters. The molecule has 1 saturated heterocycles. The third kappa shape index (κ3) is 4.69. The number of non-ortho nitro benzene ring substituents is 1. The summed E-state index contributed by atoms with van der Waals surface area (Å²) in [6.45, 7) is 3.02. The molecule has 0 aliphatic carbocycles. The summed E-state index contributed by atoms with van der Waals surface area (Å²) in [5.74, 6) is 0.821. The zero-order valence-electron chi connectivity index (χ0n) is 17.3. The van der Waals surface area contributed by atoms with Gasteiger partial charge in [0, 0.05) is 50.5 Å². The van der Waals surface area contributed by atoms with E-state index in [1.165, 1.54) is 12.1 Å². The smallest absolute Gasteiger partial charge is 0.317 e. The van der Waals surface area contributed by atoms with Gasteiger partial charge in [-0.15, -0.1) is 0 Å². The van der Waals surface area contributed by atoms with Crippen LogP contribution in [0.25, 0.3) is 10.8 Å². The number of fused-ring (bicyclic) bond motifs is 1. The summed E-state index contributed by atoms with van der Waals surface area (Å²) in [6, 6.07) is 18.5. The monoisotopic (exact) mass is 420 g/mol. The first kappa shape index (κ1) is 20.5. The second-order valence-corrected chi connectivity index (χ2v) is 7.45. The molecule has 2 amide bonds. The zero-order valence-corrected chi connectivity index (χ0v) is 17.3. The van der Waals surface area contributed by atoms with Crippen molar-refractivity contribution in [1.82, 2.24) is 10.2 Å². The fourth-order valence-electron chi connectivity index (χ4n) is 3.75. The molecule has 4 rings (SSSR count). The summed E-state index contributed by atoms with van der Waals surface area (Å²) in [4.78, 5) is 26.9. The lowest BCUT2D eigenvalue weighted by atomic mass is 10.1. The number of hydrogen-bond acceptors (Lipinski definition) is 5. The van der Waals surface area contributed by atoms with E-state index in [1.807, 2.05) is 30.3 Å². The number of nitrogens with zero attached hydrogens (tertiary/aromatic N) is 3. The van der Waals surface area contributed by atoms with E-state index in [1.54, 1.807) is 24.1 Å². The van der Waals surface area contributed by atoms with Crippen molar-refractivity contribution in [3.8, 4) is 5.75 Å². The van der Waals surface area contributed by atoms with Gasteiger partial charge in [-0.2, -0.15) is 0 Å². The number of nitrogens with one attached hydrogen (secondary N) is 1. The van der Waals surface area contributed by atoms with Crippen LogP contribution in [0, 0.1) is 10.1 Å². The van der Waals surface area contributed by atoms with Crippen LogP contribution in [0.3, 0.4) is 0 Å². The molecule has 3 aromatic carbocycles. The Morgan fingerprint density at radius 2 is 1.68 bits per heavy atom. The van der Waals surface area contributed by atoms with E-state index in [0.29, 0.717) is 32.7 Å². The lowest BCUT2D eigenvalue weighted by molar-refractivity contribution is -0.384. The largest absolute Gasteiger partial charge is 0.497 e. The number of benzene rings is 3. The number of carbonyl (C=O) groups is 1. The molecule has 8 heteroatoms. The minimum atomic E-state index is -0.404. The molecule has 0 spiro atoms. The molecule has 8 nitrogen and oxygen atoms in total. The Bertz CT molecular complexity index is 1090. The van der Waals surface area contributed by atoms with E-state index in [-0.39, 0.29) is 11.7 Å². The van der Waals surface area contributed by atoms with Gasteiger partial charge >= 0.3 is 6.03 Å². The lowest BCUT2D eigenvalue weighted by Gasteiger charge is -2.36. The first-order chi connectivity index (χ1) is 15.0. The number of carbonyl (C=O) groups excluding carboxylic acids is 1. The molecule has 1 aliphatic rings. The second-order valence-electron chi connectivity index (χ2n) is 7.45. The number of methoxy groups -OCH3 is 1. The van der Waals surface area contributed by atoms with Crippen LogP contribution >= 0.6 is 0 Å². The predicted molar refractivity (Wildman–Crippen MR) is 120 cm³/mol. The van der Waals surface area contributed by atoms with Crippen molar-refractivity contribution in [3.05, 3.63) is 76.3 Å². The van der Waals surface area contributed by atoms with Gasteiger partial charge in [0.05, 0.1) is 12.0 Å². The average Bonchev–Trinajstić information content (AvgIpc) is 2.82. The van der Waals surface area contributed by atoms with Crippen LogP contribution in [-0.4, -0.2) is 49.1 Å². The number of amides is 2. The highest BCUT2D eigenvalue weighted by atomic mass is 16.6. The summed E-state index contributed by atoms with van der Waals surface area (Å²) in [7, 11) is 1.65. The number of nitro benzene ring substituents is 1. The minimum Gasteiger partial charge on any atom is -0.497 e. The summed E-state index contributed by atoms with van der Waals surface area (Å²) < 4.78 is 5.26. The third-order valence-corrected chi connectivity index (χ3v) is 5.55. The van der Waals surface area contributed by atoms with E-state index in [2.05, 4.69) is 16.3 Å². The highest BCUT2D eigenvalue weighted by Gasteiger charge is 2.21. The molecule has 0 bridgehead atoms. The number of piperazine rings is 1. The van der Waals surface area contributed by atoms with E-state index in [9.17, 15) is 14.9 Å². The lowest BCUT2D eigenvalue weighted by Crippen LogP contribution is -2.51. The molecule has 0 saturated carbocycles. The Morgan fingerprint density at radius 3 is 2.35 bits per heavy atom. The number of rotatable bonds is 5. The summed E-state index contributed by atoms with van der Waals surface area (Å²) in [5, 5.41) is 16.0. The van der Waals surface area contributed by atoms with Gasteiger partial charge in [0.1, 0.15) is 5.75 Å². The third-order valence-electron chi connectivity index (χ3n) is 5.55. The van der Waals surface area contributed by atoms with Crippen LogP contribution in [0.5, 0.6) is 5.75 Å². The van der Waals surface area contributed by atoms with Gasteiger partial charge in [-0.1, -0.05) is 18.2 Å². The van der Waals surface area contributed by atoms with Crippen LogP contribution in [0.4, 0.5) is 16.2 Å². The standard InChI is InChI=1S/C23H24N4O4/c1-31-22-9-4-18-14-17(2-3-19(18)15-22)16-24-23(28)26-12-10-25(11-13-26)20-5-7-21(8-6-20)27(29)30/h2-9,14-15H,10-13,16H2,1H3,(H,24,28). The zero-order chi connectivity index (χ0) is 21.8. The van der Waals surface area contributed by atoms with Crippen molar-refractivity contribution in [2.75, 3.05) is 38.2 Å². The van der Waals surface area contributed by atoms with Crippen molar-refractivity contribution < 1.29 is 14.5 Å². The van der Waals surface area contributed by atoms with E-state index in [0.717, 1.165) is 27.8 Å². The molecule has 0 aromatic heterocycles. The Hall–Kier alpha value is -3.81. The van der Waals surface area contributed by atoms with Gasteiger partial charge in [-0.3, -0.25) is 10.1 Å². The van der Waals surface area contributed by atoms with Crippen molar-refractivity contribution in [1.29, 1.82) is 0 Å². The molecule has 1 heterocycles. The molecule has 3 aromatic rings. The minimum absolute atomic E-state index is 0.0783. The fraction of sp³-hybridized carbons (Fsp3) is 0.261. The van der Waals surface area contributed by atoms with Crippen molar-refractivity contribution >= 4 is 28.2 Å². The maximum atomic E-state index is 12.6. The van der Waals surface area contributed by atoms with Gasteiger partial charge in [0.25, 0.3) is 5.69 Å². The first-order valence-corrected chi connectivity index (χ1v) is 10.1. The van der Waals surface area contributed by atoms with Crippen LogP contribution in [0.15, 0.2) is 60.7 Å². The molecule has 0 radical (unpaired) electrons. The Labute approximate surface area is 180 Å². The summed E-state index contributed by atoms with van der Waals surface area (Å²) >= 11 is 0. The van der Waals surface area contributed by atoms with Crippen LogP contribution in [-0.2, 0) is 6.54 Å². The van der Waals surface area contributed by atoms with Gasteiger partial charge in [-0.25, -0.2) is 4.79 Å².